The van der Waals surface area contributed by atoms with E-state index >= 15 is 0 Å². The minimum Gasteiger partial charge on any atom is -0.493 e. The molecule has 34 heavy (non-hydrogen) atoms. The molecule has 0 unspecified atom stereocenters. The second-order valence-corrected chi connectivity index (χ2v) is 6.92. The fourth-order valence-corrected chi connectivity index (χ4v) is 3.30. The molecule has 2 aromatic heterocycles. The Balaban J connectivity index is 1.36. The van der Waals surface area contributed by atoms with Crippen LogP contribution in [0.3, 0.4) is 0 Å². The predicted octanol–water partition coefficient (Wildman–Crippen LogP) is 4.54. The quantitative estimate of drug-likeness (QED) is 0.262. The number of aromatic nitrogens is 2. The monoisotopic (exact) mass is 461 g/mol. The van der Waals surface area contributed by atoms with E-state index < -0.39 is 6.03 Å². The first-order chi connectivity index (χ1) is 16.6. The number of H-pyrrole nitrogens is 1. The number of benzene rings is 2. The molecule has 0 bridgehead atoms. The summed E-state index contributed by atoms with van der Waals surface area (Å²) in [5.41, 5.74) is 4.35. The number of nitrogens with one attached hydrogen (secondary N) is 3. The van der Waals surface area contributed by atoms with Gasteiger partial charge in [0.05, 0.1) is 32.9 Å². The first-order valence-electron chi connectivity index (χ1n) is 10.2. The Kier molecular flexibility index (Phi) is 6.78. The number of aromatic amines is 1. The Morgan fingerprint density at radius 2 is 1.74 bits per heavy atom. The molecule has 0 aliphatic rings. The van der Waals surface area contributed by atoms with Crippen molar-refractivity contribution in [3.05, 3.63) is 66.5 Å². The van der Waals surface area contributed by atoms with Crippen molar-refractivity contribution < 1.29 is 23.7 Å². The van der Waals surface area contributed by atoms with Crippen LogP contribution < -0.4 is 29.7 Å². The van der Waals surface area contributed by atoms with Gasteiger partial charge < -0.3 is 29.2 Å². The van der Waals surface area contributed by atoms with Gasteiger partial charge in [-0.1, -0.05) is 0 Å². The fraction of sp³-hybridized carbons (Fsp3) is 0.125. The van der Waals surface area contributed by atoms with Gasteiger partial charge in [-0.25, -0.2) is 15.2 Å². The molecule has 10 nitrogen and oxygen atoms in total. The van der Waals surface area contributed by atoms with E-state index in [1.807, 2.05) is 6.07 Å². The van der Waals surface area contributed by atoms with Crippen molar-refractivity contribution in [1.29, 1.82) is 0 Å². The summed E-state index contributed by atoms with van der Waals surface area (Å²) < 4.78 is 21.9. The molecule has 0 spiro atoms. The zero-order chi connectivity index (χ0) is 23.9. The number of carbonyl (C=O) groups is 1. The standard InChI is InChI=1S/C24H23N5O5/c1-31-20-9-4-15(21(32-2)22(20)33-3)14-27-29-24(30)28-16-5-7-17(8-6-16)34-19-11-13-26-23-18(19)10-12-25-23/h4-14H,1-3H3,(H,25,26)(H2,28,29,30)/b27-14+. The molecule has 0 fully saturated rings. The molecule has 0 saturated carbocycles. The number of methoxy groups -OCH3 is 3. The van der Waals surface area contributed by atoms with E-state index in [9.17, 15) is 4.79 Å². The molecule has 0 aliphatic heterocycles. The summed E-state index contributed by atoms with van der Waals surface area (Å²) in [5, 5.41) is 7.56. The molecule has 0 saturated heterocycles. The summed E-state index contributed by atoms with van der Waals surface area (Å²) >= 11 is 0. The van der Waals surface area contributed by atoms with Gasteiger partial charge in [-0.05, 0) is 48.5 Å². The maximum Gasteiger partial charge on any atom is 0.339 e. The van der Waals surface area contributed by atoms with Crippen molar-refractivity contribution in [1.82, 2.24) is 15.4 Å². The van der Waals surface area contributed by atoms with Crippen LogP contribution in [0.15, 0.2) is 66.0 Å². The number of carbonyl (C=O) groups excluding carboxylic acids is 1. The number of hydrogen-bond donors (Lipinski definition) is 3. The first-order valence-corrected chi connectivity index (χ1v) is 10.2. The Hall–Kier alpha value is -4.73. The Morgan fingerprint density at radius 3 is 2.47 bits per heavy atom. The van der Waals surface area contributed by atoms with Gasteiger partial charge in [0.2, 0.25) is 5.75 Å². The number of anilines is 1. The lowest BCUT2D eigenvalue weighted by molar-refractivity contribution is 0.252. The van der Waals surface area contributed by atoms with Crippen LogP contribution in [0.1, 0.15) is 5.56 Å². The Morgan fingerprint density at radius 1 is 0.941 bits per heavy atom. The Bertz CT molecular complexity index is 1320. The largest absolute Gasteiger partial charge is 0.493 e. The highest BCUT2D eigenvalue weighted by Gasteiger charge is 2.14. The third-order valence-corrected chi connectivity index (χ3v) is 4.86. The van der Waals surface area contributed by atoms with E-state index in [2.05, 4.69) is 25.8 Å². The third-order valence-electron chi connectivity index (χ3n) is 4.86. The highest BCUT2D eigenvalue weighted by atomic mass is 16.5. The summed E-state index contributed by atoms with van der Waals surface area (Å²) in [6, 6.07) is 13.6. The molecule has 2 heterocycles. The predicted molar refractivity (Wildman–Crippen MR) is 128 cm³/mol. The number of hydrogen-bond acceptors (Lipinski definition) is 7. The third kappa shape index (κ3) is 4.85. The number of nitrogens with zero attached hydrogens (tertiary/aromatic N) is 2. The number of urea groups is 1. The zero-order valence-corrected chi connectivity index (χ0v) is 18.8. The first kappa shape index (κ1) is 22.5. The van der Waals surface area contributed by atoms with Crippen LogP contribution in [0, 0.1) is 0 Å². The molecule has 3 N–H and O–H groups in total. The van der Waals surface area contributed by atoms with Crippen LogP contribution in [-0.2, 0) is 0 Å². The van der Waals surface area contributed by atoms with Crippen molar-refractivity contribution in [2.75, 3.05) is 26.6 Å². The van der Waals surface area contributed by atoms with Crippen molar-refractivity contribution in [3.63, 3.8) is 0 Å². The second-order valence-electron chi connectivity index (χ2n) is 6.92. The lowest BCUT2D eigenvalue weighted by Gasteiger charge is -2.13. The molecular formula is C24H23N5O5. The van der Waals surface area contributed by atoms with Crippen molar-refractivity contribution in [3.8, 4) is 28.7 Å². The number of pyridine rings is 1. The number of ether oxygens (including phenoxy) is 4. The van der Waals surface area contributed by atoms with Crippen LogP contribution in [0.25, 0.3) is 11.0 Å². The van der Waals surface area contributed by atoms with Crippen molar-refractivity contribution in [2.45, 2.75) is 0 Å². The summed E-state index contributed by atoms with van der Waals surface area (Å²) in [6.07, 6.45) is 4.93. The molecular weight excluding hydrogens is 438 g/mol. The topological polar surface area (TPSA) is 119 Å². The fourth-order valence-electron chi connectivity index (χ4n) is 3.30. The van der Waals surface area contributed by atoms with E-state index in [-0.39, 0.29) is 0 Å². The molecule has 2 amide bonds. The zero-order valence-electron chi connectivity index (χ0n) is 18.8. The summed E-state index contributed by atoms with van der Waals surface area (Å²) in [4.78, 5) is 19.5. The molecule has 10 heteroatoms. The number of hydrazone groups is 1. The maximum absolute atomic E-state index is 12.2. The van der Waals surface area contributed by atoms with E-state index in [4.69, 9.17) is 18.9 Å². The highest BCUT2D eigenvalue weighted by molar-refractivity contribution is 5.91. The van der Waals surface area contributed by atoms with Gasteiger partial charge in [-0.3, -0.25) is 0 Å². The SMILES string of the molecule is COc1ccc(/C=N/NC(=O)Nc2ccc(Oc3ccnc4[nH]ccc34)cc2)c(OC)c1OC. The van der Waals surface area contributed by atoms with E-state index in [1.165, 1.54) is 27.5 Å². The van der Waals surface area contributed by atoms with Gasteiger partial charge >= 0.3 is 6.03 Å². The molecule has 174 valence electrons. The molecule has 0 atom stereocenters. The number of fused-ring (bicyclic) bond motifs is 1. The van der Waals surface area contributed by atoms with Crippen LogP contribution >= 0.6 is 0 Å². The maximum atomic E-state index is 12.2. The van der Waals surface area contributed by atoms with Crippen LogP contribution in [-0.4, -0.2) is 43.5 Å². The van der Waals surface area contributed by atoms with Gasteiger partial charge in [0.15, 0.2) is 11.5 Å². The average molecular weight is 461 g/mol. The molecule has 4 aromatic rings. The lowest BCUT2D eigenvalue weighted by Crippen LogP contribution is -2.24. The summed E-state index contributed by atoms with van der Waals surface area (Å²) in [7, 11) is 4.56. The molecule has 0 radical (unpaired) electrons. The van der Waals surface area contributed by atoms with Gasteiger partial charge in [0.25, 0.3) is 0 Å². The highest BCUT2D eigenvalue weighted by Crippen LogP contribution is 2.39. The minimum atomic E-state index is -0.507. The van der Waals surface area contributed by atoms with Gasteiger partial charge in [-0.2, -0.15) is 5.10 Å². The normalized spacial score (nSPS) is 10.8. The lowest BCUT2D eigenvalue weighted by atomic mass is 10.2. The van der Waals surface area contributed by atoms with Gasteiger partial charge in [0, 0.05) is 23.6 Å². The summed E-state index contributed by atoms with van der Waals surface area (Å²) in [6.45, 7) is 0. The minimum absolute atomic E-state index is 0.435. The smallest absolute Gasteiger partial charge is 0.339 e. The van der Waals surface area contributed by atoms with E-state index in [1.54, 1.807) is 54.9 Å². The van der Waals surface area contributed by atoms with Crippen molar-refractivity contribution in [2.24, 2.45) is 5.10 Å². The Labute approximate surface area is 195 Å². The number of amides is 2. The van der Waals surface area contributed by atoms with Crippen molar-refractivity contribution >= 4 is 29.0 Å². The van der Waals surface area contributed by atoms with Crippen LogP contribution in [0.4, 0.5) is 10.5 Å². The van der Waals surface area contributed by atoms with E-state index in [0.29, 0.717) is 40.0 Å². The van der Waals surface area contributed by atoms with Gasteiger partial charge in [-0.15, -0.1) is 0 Å². The number of rotatable bonds is 8. The molecule has 2 aromatic carbocycles. The van der Waals surface area contributed by atoms with Crippen LogP contribution in [0.5, 0.6) is 28.7 Å². The molecule has 4 rings (SSSR count). The molecule has 0 aliphatic carbocycles. The summed E-state index contributed by atoms with van der Waals surface area (Å²) in [5.74, 6) is 2.71. The van der Waals surface area contributed by atoms with E-state index in [0.717, 1.165) is 11.0 Å². The average Bonchev–Trinajstić information content (AvgIpc) is 3.34. The van der Waals surface area contributed by atoms with Gasteiger partial charge in [0.1, 0.15) is 17.1 Å². The second kappa shape index (κ2) is 10.3. The van der Waals surface area contributed by atoms with Crippen LogP contribution in [0.2, 0.25) is 0 Å².